The molecular weight excluding hydrogens is 281 g/mol. The molecule has 1 N–H and O–H groups in total. The molecule has 0 radical (unpaired) electrons. The zero-order chi connectivity index (χ0) is 14.6. The van der Waals surface area contributed by atoms with Crippen molar-refractivity contribution in [2.45, 2.75) is 13.3 Å². The van der Waals surface area contributed by atoms with Gasteiger partial charge in [0.05, 0.1) is 5.69 Å². The molecule has 1 aliphatic rings. The van der Waals surface area contributed by atoms with Crippen molar-refractivity contribution in [3.8, 4) is 0 Å². The van der Waals surface area contributed by atoms with E-state index in [9.17, 15) is 12.8 Å². The van der Waals surface area contributed by atoms with E-state index in [1.54, 1.807) is 19.1 Å². The minimum atomic E-state index is -3.69. The Hall–Kier alpha value is -1.18. The van der Waals surface area contributed by atoms with Crippen LogP contribution < -0.4 is 9.62 Å². The highest BCUT2D eigenvalue weighted by molar-refractivity contribution is 7.90. The Kier molecular flexibility index (Phi) is 4.95. The summed E-state index contributed by atoms with van der Waals surface area (Å²) in [6, 6.07) is 5.96. The number of nitrogens with one attached hydrogen (secondary N) is 1. The molecule has 0 aromatic heterocycles. The fourth-order valence-corrected chi connectivity index (χ4v) is 3.99. The lowest BCUT2D eigenvalue weighted by Crippen LogP contribution is -2.45. The summed E-state index contributed by atoms with van der Waals surface area (Å²) in [5, 5.41) is 3.16. The van der Waals surface area contributed by atoms with Gasteiger partial charge in [0.2, 0.25) is 0 Å². The monoisotopic (exact) mass is 301 g/mol. The molecule has 1 aromatic carbocycles. The molecule has 7 heteroatoms. The van der Waals surface area contributed by atoms with Crippen LogP contribution in [-0.2, 0) is 10.2 Å². The second-order valence-corrected chi connectivity index (χ2v) is 6.48. The lowest BCUT2D eigenvalue weighted by Gasteiger charge is -2.29. The van der Waals surface area contributed by atoms with Crippen LogP contribution in [0.25, 0.3) is 0 Å². The van der Waals surface area contributed by atoms with E-state index in [-0.39, 0.29) is 12.2 Å². The number of anilines is 1. The van der Waals surface area contributed by atoms with Crippen LogP contribution in [0.5, 0.6) is 0 Å². The second kappa shape index (κ2) is 6.51. The number of benzene rings is 1. The first-order valence-electron chi connectivity index (χ1n) is 6.80. The fourth-order valence-electron chi connectivity index (χ4n) is 2.30. The summed E-state index contributed by atoms with van der Waals surface area (Å²) >= 11 is 0. The third kappa shape index (κ3) is 3.11. The van der Waals surface area contributed by atoms with Crippen LogP contribution in [-0.4, -0.2) is 45.4 Å². The normalized spacial score (nSPS) is 17.7. The van der Waals surface area contributed by atoms with E-state index in [1.807, 2.05) is 0 Å². The Labute approximate surface area is 119 Å². The van der Waals surface area contributed by atoms with Crippen molar-refractivity contribution in [3.63, 3.8) is 0 Å². The summed E-state index contributed by atoms with van der Waals surface area (Å²) in [5.74, 6) is -0.522. The molecule has 0 unspecified atom stereocenters. The van der Waals surface area contributed by atoms with Crippen molar-refractivity contribution in [2.75, 3.05) is 37.0 Å². The van der Waals surface area contributed by atoms with Gasteiger partial charge in [-0.05, 0) is 32.0 Å². The summed E-state index contributed by atoms with van der Waals surface area (Å²) in [7, 11) is -3.69. The van der Waals surface area contributed by atoms with E-state index in [4.69, 9.17) is 0 Å². The minimum absolute atomic E-state index is 0.104. The van der Waals surface area contributed by atoms with E-state index >= 15 is 0 Å². The Balaban J connectivity index is 2.32. The Morgan fingerprint density at radius 2 is 2.05 bits per heavy atom. The van der Waals surface area contributed by atoms with Crippen molar-refractivity contribution < 1.29 is 12.8 Å². The van der Waals surface area contributed by atoms with Gasteiger partial charge in [0.1, 0.15) is 5.82 Å². The average molecular weight is 301 g/mol. The van der Waals surface area contributed by atoms with E-state index in [1.165, 1.54) is 16.4 Å². The van der Waals surface area contributed by atoms with Crippen LogP contribution >= 0.6 is 0 Å². The topological polar surface area (TPSA) is 52.7 Å². The van der Waals surface area contributed by atoms with Gasteiger partial charge in [0.25, 0.3) is 0 Å². The molecule has 112 valence electrons. The molecule has 0 amide bonds. The van der Waals surface area contributed by atoms with Gasteiger partial charge in [-0.25, -0.2) is 4.39 Å². The Morgan fingerprint density at radius 1 is 1.30 bits per heavy atom. The van der Waals surface area contributed by atoms with Crippen molar-refractivity contribution in [3.05, 3.63) is 30.1 Å². The van der Waals surface area contributed by atoms with Gasteiger partial charge in [-0.3, -0.25) is 4.31 Å². The van der Waals surface area contributed by atoms with Gasteiger partial charge in [0.15, 0.2) is 0 Å². The van der Waals surface area contributed by atoms with Crippen LogP contribution in [0.15, 0.2) is 24.3 Å². The highest BCUT2D eigenvalue weighted by Gasteiger charge is 2.30. The third-order valence-corrected chi connectivity index (χ3v) is 5.34. The maximum Gasteiger partial charge on any atom is 0.304 e. The lowest BCUT2D eigenvalue weighted by molar-refractivity contribution is 0.429. The molecule has 1 fully saturated rings. The van der Waals surface area contributed by atoms with E-state index < -0.39 is 16.0 Å². The van der Waals surface area contributed by atoms with Gasteiger partial charge in [-0.15, -0.1) is 0 Å². The highest BCUT2D eigenvalue weighted by atomic mass is 32.2. The molecular formula is C13H20FN3O2S. The molecule has 0 atom stereocenters. The first-order chi connectivity index (χ1) is 9.57. The lowest BCUT2D eigenvalue weighted by atomic mass is 10.3. The summed E-state index contributed by atoms with van der Waals surface area (Å²) < 4.78 is 41.8. The first-order valence-corrected chi connectivity index (χ1v) is 8.20. The fraction of sp³-hybridized carbons (Fsp3) is 0.538. The van der Waals surface area contributed by atoms with Gasteiger partial charge in [0, 0.05) is 26.2 Å². The second-order valence-electron chi connectivity index (χ2n) is 4.63. The zero-order valence-electron chi connectivity index (χ0n) is 11.5. The Morgan fingerprint density at radius 3 is 2.75 bits per heavy atom. The van der Waals surface area contributed by atoms with Gasteiger partial charge in [-0.1, -0.05) is 12.1 Å². The van der Waals surface area contributed by atoms with Crippen LogP contribution in [0.1, 0.15) is 13.3 Å². The number of halogens is 1. The predicted octanol–water partition coefficient (Wildman–Crippen LogP) is 1.19. The number of nitrogens with zero attached hydrogens (tertiary/aromatic N) is 2. The van der Waals surface area contributed by atoms with Gasteiger partial charge >= 0.3 is 10.2 Å². The molecule has 1 aliphatic heterocycles. The van der Waals surface area contributed by atoms with Crippen LogP contribution in [0.4, 0.5) is 10.1 Å². The van der Waals surface area contributed by atoms with Gasteiger partial charge in [-0.2, -0.15) is 12.7 Å². The summed E-state index contributed by atoms with van der Waals surface area (Å²) in [6.45, 7) is 4.20. The number of rotatable bonds is 4. The quantitative estimate of drug-likeness (QED) is 0.909. The molecule has 2 rings (SSSR count). The maximum atomic E-state index is 13.9. The molecule has 1 heterocycles. The molecule has 1 aromatic rings. The van der Waals surface area contributed by atoms with E-state index in [2.05, 4.69) is 5.32 Å². The largest absolute Gasteiger partial charge is 0.315 e. The molecule has 5 nitrogen and oxygen atoms in total. The molecule has 0 bridgehead atoms. The van der Waals surface area contributed by atoms with Gasteiger partial charge < -0.3 is 5.32 Å². The standard InChI is InChI=1S/C13H20FN3O2S/c1-2-17(13-7-4-3-6-12(13)14)20(18,19)16-10-5-8-15-9-11-16/h3-4,6-7,15H,2,5,8-11H2,1H3. The molecule has 1 saturated heterocycles. The van der Waals surface area contributed by atoms with Crippen LogP contribution in [0.2, 0.25) is 0 Å². The molecule has 0 spiro atoms. The molecule has 20 heavy (non-hydrogen) atoms. The van der Waals surface area contributed by atoms with Crippen molar-refractivity contribution >= 4 is 15.9 Å². The minimum Gasteiger partial charge on any atom is -0.315 e. The van der Waals surface area contributed by atoms with E-state index in [0.717, 1.165) is 17.3 Å². The number of hydrogen-bond acceptors (Lipinski definition) is 3. The number of para-hydroxylation sites is 1. The molecule has 0 saturated carbocycles. The summed E-state index contributed by atoms with van der Waals surface area (Å²) in [5.41, 5.74) is 0.104. The van der Waals surface area contributed by atoms with Crippen LogP contribution in [0, 0.1) is 5.82 Å². The highest BCUT2D eigenvalue weighted by Crippen LogP contribution is 2.23. The predicted molar refractivity (Wildman–Crippen MR) is 77.4 cm³/mol. The number of hydrogen-bond donors (Lipinski definition) is 1. The van der Waals surface area contributed by atoms with Crippen molar-refractivity contribution in [2.24, 2.45) is 0 Å². The molecule has 0 aliphatic carbocycles. The smallest absolute Gasteiger partial charge is 0.304 e. The average Bonchev–Trinajstić information content (AvgIpc) is 2.71. The van der Waals surface area contributed by atoms with E-state index in [0.29, 0.717) is 19.6 Å². The first kappa shape index (κ1) is 15.2. The zero-order valence-corrected chi connectivity index (χ0v) is 12.4. The third-order valence-electron chi connectivity index (χ3n) is 3.31. The van der Waals surface area contributed by atoms with Crippen LogP contribution in [0.3, 0.4) is 0 Å². The SMILES string of the molecule is CCN(c1ccccc1F)S(=O)(=O)N1CCCNCC1. The van der Waals surface area contributed by atoms with Crippen molar-refractivity contribution in [1.29, 1.82) is 0 Å². The maximum absolute atomic E-state index is 13.9. The van der Waals surface area contributed by atoms with Crippen molar-refractivity contribution in [1.82, 2.24) is 9.62 Å². The Bertz CT molecular complexity index is 542. The summed E-state index contributed by atoms with van der Waals surface area (Å²) in [4.78, 5) is 0. The summed E-state index contributed by atoms with van der Waals surface area (Å²) in [6.07, 6.45) is 0.758.